The van der Waals surface area contributed by atoms with E-state index in [1.807, 2.05) is 20.9 Å². The zero-order valence-corrected chi connectivity index (χ0v) is 28.8. The number of carbonyl (C=O) groups excluding carboxylic acids is 3. The van der Waals surface area contributed by atoms with Crippen LogP contribution in [-0.2, 0) is 9.53 Å². The highest BCUT2D eigenvalue weighted by Crippen LogP contribution is 2.30. The molecule has 4 amide bonds. The van der Waals surface area contributed by atoms with Gasteiger partial charge >= 0.3 is 6.03 Å². The Hall–Kier alpha value is -3.64. The van der Waals surface area contributed by atoms with Crippen LogP contribution in [0.5, 0.6) is 5.75 Å². The van der Waals surface area contributed by atoms with Gasteiger partial charge in [0.25, 0.3) is 5.91 Å². The largest absolute Gasteiger partial charge is 0.490 e. The van der Waals surface area contributed by atoms with Gasteiger partial charge in [0, 0.05) is 44.3 Å². The molecule has 1 saturated carbocycles. The minimum atomic E-state index is -0.511. The molecule has 2 aromatic rings. The number of fused-ring (bicyclic) bond motifs is 1. The van der Waals surface area contributed by atoms with Crippen LogP contribution in [0.3, 0.4) is 0 Å². The first-order valence-electron chi connectivity index (χ1n) is 17.1. The lowest BCUT2D eigenvalue weighted by Gasteiger charge is -2.36. The van der Waals surface area contributed by atoms with Crippen molar-refractivity contribution in [1.29, 1.82) is 0 Å². The number of hydrogen-bond acceptors (Lipinski definition) is 8. The molecule has 2 heterocycles. The zero-order valence-electron chi connectivity index (χ0n) is 28.8. The van der Waals surface area contributed by atoms with Crippen LogP contribution >= 0.6 is 0 Å². The van der Waals surface area contributed by atoms with E-state index in [0.717, 1.165) is 44.9 Å². The van der Waals surface area contributed by atoms with E-state index in [-0.39, 0.29) is 54.6 Å². The van der Waals surface area contributed by atoms with Crippen LogP contribution in [0.1, 0.15) is 93.9 Å². The van der Waals surface area contributed by atoms with Gasteiger partial charge in [-0.3, -0.25) is 9.59 Å². The monoisotopic (exact) mass is 655 g/mol. The normalized spacial score (nSPS) is 22.4. The van der Waals surface area contributed by atoms with Crippen LogP contribution in [0.15, 0.2) is 22.7 Å². The Bertz CT molecular complexity index is 1340. The second-order valence-corrected chi connectivity index (χ2v) is 13.3. The number of aromatic nitrogens is 1. The number of likely N-dealkylation sites (N-methyl/N-ethyl adjacent to an activating group) is 1. The Labute approximate surface area is 278 Å². The summed E-state index contributed by atoms with van der Waals surface area (Å²) in [7, 11) is 1.85. The maximum absolute atomic E-state index is 14.4. The Morgan fingerprint density at radius 3 is 2.49 bits per heavy atom. The number of amides is 4. The van der Waals surface area contributed by atoms with Gasteiger partial charge in [-0.25, -0.2) is 4.79 Å². The number of nitrogens with one attached hydrogen (secondary N) is 2. The Morgan fingerprint density at radius 2 is 1.81 bits per heavy atom. The van der Waals surface area contributed by atoms with Gasteiger partial charge in [0.15, 0.2) is 5.76 Å². The molecule has 1 aromatic heterocycles. The first-order valence-corrected chi connectivity index (χ1v) is 17.1. The van der Waals surface area contributed by atoms with E-state index < -0.39 is 12.1 Å². The predicted octanol–water partition coefficient (Wildman–Crippen LogP) is 5.77. The lowest BCUT2D eigenvalue weighted by atomic mass is 9.88. The standard InChI is InChI=1S/C35H53N5O7/c1-22-19-40(23(2)21-41)34(43)29-18-28(36-35(44)37-32-25(4)38-47-26(32)5)15-16-30(29)46-24(3)12-10-11-17-45-31(22)20-39(6)33(42)27-13-8-7-9-14-27/h15-16,18,22-24,27,31,41H,7-14,17,19-21H2,1-6H3,(H2,36,37,44)/t22-,23+,24-,31-/m1/s1. The second kappa shape index (κ2) is 17.0. The van der Waals surface area contributed by atoms with E-state index >= 15 is 0 Å². The van der Waals surface area contributed by atoms with Crippen molar-refractivity contribution < 1.29 is 33.5 Å². The second-order valence-electron chi connectivity index (χ2n) is 13.3. The first kappa shape index (κ1) is 36.2. The van der Waals surface area contributed by atoms with Gasteiger partial charge in [-0.15, -0.1) is 0 Å². The van der Waals surface area contributed by atoms with Gasteiger partial charge < -0.3 is 39.5 Å². The van der Waals surface area contributed by atoms with E-state index in [9.17, 15) is 19.5 Å². The highest BCUT2D eigenvalue weighted by Gasteiger charge is 2.32. The van der Waals surface area contributed by atoms with Crippen molar-refractivity contribution >= 4 is 29.2 Å². The minimum absolute atomic E-state index is 0.0577. The molecule has 12 heteroatoms. The van der Waals surface area contributed by atoms with Crippen molar-refractivity contribution in [3.63, 3.8) is 0 Å². The molecule has 2 aliphatic rings. The molecule has 0 saturated heterocycles. The van der Waals surface area contributed by atoms with Crippen LogP contribution in [0, 0.1) is 25.7 Å². The number of hydrogen-bond donors (Lipinski definition) is 3. The summed E-state index contributed by atoms with van der Waals surface area (Å²) in [5.41, 5.74) is 1.70. The van der Waals surface area contributed by atoms with Gasteiger partial charge in [0.1, 0.15) is 17.1 Å². The van der Waals surface area contributed by atoms with Crippen molar-refractivity contribution in [1.82, 2.24) is 15.0 Å². The molecule has 1 aliphatic heterocycles. The van der Waals surface area contributed by atoms with Crippen LogP contribution in [-0.4, -0.2) is 89.5 Å². The molecule has 1 aromatic carbocycles. The molecule has 0 unspecified atom stereocenters. The molecular weight excluding hydrogens is 602 g/mol. The third kappa shape index (κ3) is 9.70. The fraction of sp³-hybridized carbons (Fsp3) is 0.657. The topological polar surface area (TPSA) is 146 Å². The van der Waals surface area contributed by atoms with Crippen LogP contribution < -0.4 is 15.4 Å². The Balaban J connectivity index is 1.59. The molecule has 0 spiro atoms. The summed E-state index contributed by atoms with van der Waals surface area (Å²) in [4.78, 5) is 44.0. The van der Waals surface area contributed by atoms with Gasteiger partial charge in [-0.1, -0.05) is 31.3 Å². The predicted molar refractivity (Wildman–Crippen MR) is 180 cm³/mol. The number of aliphatic hydroxyl groups excluding tert-OH is 1. The van der Waals surface area contributed by atoms with Gasteiger partial charge in [0.05, 0.1) is 30.4 Å². The van der Waals surface area contributed by atoms with E-state index in [1.54, 1.807) is 48.8 Å². The smallest absolute Gasteiger partial charge is 0.323 e. The first-order chi connectivity index (χ1) is 22.5. The van der Waals surface area contributed by atoms with Crippen LogP contribution in [0.2, 0.25) is 0 Å². The van der Waals surface area contributed by atoms with Crippen LogP contribution in [0.25, 0.3) is 0 Å². The number of ether oxygens (including phenoxy) is 2. The lowest BCUT2D eigenvalue weighted by Crippen LogP contribution is -2.48. The van der Waals surface area contributed by atoms with E-state index in [4.69, 9.17) is 14.0 Å². The van der Waals surface area contributed by atoms with Crippen LogP contribution in [0.4, 0.5) is 16.2 Å². The fourth-order valence-corrected chi connectivity index (χ4v) is 6.42. The number of aliphatic hydroxyl groups is 1. The number of aryl methyl sites for hydroxylation is 2. The number of anilines is 2. The SMILES string of the molecule is Cc1noc(C)c1NC(=O)Nc1ccc2c(c1)C(=O)N([C@@H](C)CO)C[C@@H](C)[C@@H](CN(C)C(=O)C1CCCCC1)OCCCC[C@@H](C)O2. The molecule has 12 nitrogen and oxygen atoms in total. The molecule has 47 heavy (non-hydrogen) atoms. The summed E-state index contributed by atoms with van der Waals surface area (Å²) in [6.07, 6.45) is 7.20. The third-order valence-corrected chi connectivity index (χ3v) is 9.37. The number of nitrogens with zero attached hydrogens (tertiary/aromatic N) is 3. The molecule has 260 valence electrons. The van der Waals surface area contributed by atoms with Gasteiger partial charge in [0.2, 0.25) is 5.91 Å². The fourth-order valence-electron chi connectivity index (χ4n) is 6.42. The molecular formula is C35H53N5O7. The third-order valence-electron chi connectivity index (χ3n) is 9.37. The number of benzene rings is 1. The summed E-state index contributed by atoms with van der Waals surface area (Å²) >= 11 is 0. The summed E-state index contributed by atoms with van der Waals surface area (Å²) in [5, 5.41) is 19.7. The quantitative estimate of drug-likeness (QED) is 0.341. The van der Waals surface area contributed by atoms with Gasteiger partial charge in [-0.05, 0) is 78.0 Å². The van der Waals surface area contributed by atoms with E-state index in [0.29, 0.717) is 41.7 Å². The highest BCUT2D eigenvalue weighted by atomic mass is 16.5. The Morgan fingerprint density at radius 1 is 1.09 bits per heavy atom. The number of carbonyl (C=O) groups is 3. The number of rotatable bonds is 7. The average Bonchev–Trinajstić information content (AvgIpc) is 3.37. The van der Waals surface area contributed by atoms with Gasteiger partial charge in [-0.2, -0.15) is 0 Å². The molecule has 3 N–H and O–H groups in total. The van der Waals surface area contributed by atoms with Crippen molar-refractivity contribution in [3.05, 3.63) is 35.2 Å². The molecule has 4 rings (SSSR count). The van der Waals surface area contributed by atoms with E-state index in [2.05, 4.69) is 15.8 Å². The highest BCUT2D eigenvalue weighted by molar-refractivity contribution is 6.03. The zero-order chi connectivity index (χ0) is 34.1. The lowest BCUT2D eigenvalue weighted by molar-refractivity contribution is -0.137. The minimum Gasteiger partial charge on any atom is -0.490 e. The van der Waals surface area contributed by atoms with E-state index in [1.165, 1.54) is 6.42 Å². The molecule has 1 aliphatic carbocycles. The molecule has 1 fully saturated rings. The molecule has 0 radical (unpaired) electrons. The van der Waals surface area contributed by atoms with Crippen molar-refractivity contribution in [2.45, 2.75) is 104 Å². The summed E-state index contributed by atoms with van der Waals surface area (Å²) in [6.45, 7) is 10.2. The maximum Gasteiger partial charge on any atom is 0.323 e. The Kier molecular flexibility index (Phi) is 13.1. The maximum atomic E-state index is 14.4. The van der Waals surface area contributed by atoms with Crippen molar-refractivity contribution in [2.75, 3.05) is 44.0 Å². The summed E-state index contributed by atoms with van der Waals surface area (Å²) in [5.74, 6) is 0.622. The summed E-state index contributed by atoms with van der Waals surface area (Å²) in [6, 6.07) is 3.98. The van der Waals surface area contributed by atoms with Crippen molar-refractivity contribution in [3.8, 4) is 5.75 Å². The summed E-state index contributed by atoms with van der Waals surface area (Å²) < 4.78 is 17.9. The number of urea groups is 1. The molecule has 4 atom stereocenters. The molecule has 0 bridgehead atoms. The average molecular weight is 656 g/mol. The van der Waals surface area contributed by atoms with Crippen molar-refractivity contribution in [2.24, 2.45) is 11.8 Å².